The molecule has 0 saturated carbocycles. The molecule has 0 radical (unpaired) electrons. The second-order valence-electron chi connectivity index (χ2n) is 3.68. The van der Waals surface area contributed by atoms with Gasteiger partial charge >= 0.3 is 0 Å². The normalized spacial score (nSPS) is 11.8. The van der Waals surface area contributed by atoms with E-state index in [0.29, 0.717) is 17.9 Å². The lowest BCUT2D eigenvalue weighted by Gasteiger charge is -2.09. The number of hydrogen-bond acceptors (Lipinski definition) is 6. The number of fused-ring (bicyclic) bond motifs is 1. The molecule has 2 aromatic rings. The van der Waals surface area contributed by atoms with Gasteiger partial charge in [-0.1, -0.05) is 0 Å². The first-order chi connectivity index (χ1) is 8.53. The second-order valence-corrected chi connectivity index (χ2v) is 6.61. The molecule has 0 bridgehead atoms. The Labute approximate surface area is 109 Å². The van der Waals surface area contributed by atoms with Crippen molar-refractivity contribution in [2.24, 2.45) is 0 Å². The van der Waals surface area contributed by atoms with Gasteiger partial charge in [-0.05, 0) is 19.2 Å². The minimum Gasteiger partial charge on any atom is -0.395 e. The Morgan fingerprint density at radius 2 is 2.22 bits per heavy atom. The van der Waals surface area contributed by atoms with Gasteiger partial charge in [-0.25, -0.2) is 18.1 Å². The monoisotopic (exact) mass is 286 g/mol. The Kier molecular flexibility index (Phi) is 3.69. The van der Waals surface area contributed by atoms with Crippen LogP contribution in [0.15, 0.2) is 17.6 Å². The van der Waals surface area contributed by atoms with Gasteiger partial charge in [-0.15, -0.1) is 11.3 Å². The largest absolute Gasteiger partial charge is 0.395 e. The lowest BCUT2D eigenvalue weighted by molar-refractivity contribution is 0.588. The fourth-order valence-corrected chi connectivity index (χ4v) is 2.80. The van der Waals surface area contributed by atoms with E-state index in [0.717, 1.165) is 10.2 Å². The number of nitrogens with two attached hydrogens (primary N) is 1. The van der Waals surface area contributed by atoms with Crippen molar-refractivity contribution in [1.82, 2.24) is 9.71 Å². The molecule has 1 heterocycles. The molecule has 98 valence electrons. The van der Waals surface area contributed by atoms with Crippen molar-refractivity contribution in [2.45, 2.75) is 0 Å². The van der Waals surface area contributed by atoms with E-state index in [1.54, 1.807) is 5.51 Å². The molecule has 0 spiro atoms. The van der Waals surface area contributed by atoms with Crippen LogP contribution in [0.4, 0.5) is 11.4 Å². The van der Waals surface area contributed by atoms with Gasteiger partial charge in [0, 0.05) is 6.54 Å². The fraction of sp³-hybridized carbons (Fsp3) is 0.300. The van der Waals surface area contributed by atoms with Gasteiger partial charge in [0.1, 0.15) is 5.52 Å². The van der Waals surface area contributed by atoms with Crippen molar-refractivity contribution in [2.75, 3.05) is 30.4 Å². The number of nitrogens with one attached hydrogen (secondary N) is 2. The molecule has 0 atom stereocenters. The van der Waals surface area contributed by atoms with Crippen LogP contribution in [-0.4, -0.2) is 32.7 Å². The third-order valence-corrected chi connectivity index (χ3v) is 4.70. The number of nitrogen functional groups attached to an aromatic ring is 1. The Balaban J connectivity index is 2.10. The van der Waals surface area contributed by atoms with Crippen molar-refractivity contribution in [3.63, 3.8) is 0 Å². The molecular formula is C10H14N4O2S2. The average molecular weight is 286 g/mol. The highest BCUT2D eigenvalue weighted by molar-refractivity contribution is 7.89. The Bertz CT molecular complexity index is 651. The minimum atomic E-state index is -3.20. The molecule has 4 N–H and O–H groups in total. The van der Waals surface area contributed by atoms with Gasteiger partial charge in [-0.2, -0.15) is 0 Å². The lowest BCUT2D eigenvalue weighted by Crippen LogP contribution is -2.26. The van der Waals surface area contributed by atoms with Crippen LogP contribution < -0.4 is 15.8 Å². The molecule has 18 heavy (non-hydrogen) atoms. The van der Waals surface area contributed by atoms with Gasteiger partial charge in [0.15, 0.2) is 0 Å². The van der Waals surface area contributed by atoms with Gasteiger partial charge in [0.05, 0.1) is 27.3 Å². The predicted molar refractivity (Wildman–Crippen MR) is 75.4 cm³/mol. The van der Waals surface area contributed by atoms with Crippen LogP contribution in [0, 0.1) is 0 Å². The summed E-state index contributed by atoms with van der Waals surface area (Å²) in [5.74, 6) is -0.00194. The third kappa shape index (κ3) is 2.71. The molecule has 2 rings (SSSR count). The molecule has 0 unspecified atom stereocenters. The van der Waals surface area contributed by atoms with E-state index in [1.165, 1.54) is 18.4 Å². The highest BCUT2D eigenvalue weighted by atomic mass is 32.2. The first-order valence-electron chi connectivity index (χ1n) is 5.30. The maximum Gasteiger partial charge on any atom is 0.213 e. The number of hydrogen-bond donors (Lipinski definition) is 3. The molecule has 1 aromatic heterocycles. The second kappa shape index (κ2) is 5.09. The van der Waals surface area contributed by atoms with Crippen molar-refractivity contribution in [3.8, 4) is 0 Å². The van der Waals surface area contributed by atoms with Gasteiger partial charge in [-0.3, -0.25) is 0 Å². The number of nitrogens with zero attached hydrogens (tertiary/aromatic N) is 1. The number of sulfonamides is 1. The smallest absolute Gasteiger partial charge is 0.213 e. The Morgan fingerprint density at radius 1 is 1.44 bits per heavy atom. The molecule has 6 nitrogen and oxygen atoms in total. The van der Waals surface area contributed by atoms with E-state index in [4.69, 9.17) is 5.73 Å². The summed E-state index contributed by atoms with van der Waals surface area (Å²) < 4.78 is 25.8. The first-order valence-corrected chi connectivity index (χ1v) is 7.83. The van der Waals surface area contributed by atoms with Gasteiger partial charge in [0.25, 0.3) is 0 Å². The molecule has 0 fully saturated rings. The zero-order valence-electron chi connectivity index (χ0n) is 9.80. The Hall–Kier alpha value is -1.38. The summed E-state index contributed by atoms with van der Waals surface area (Å²) in [4.78, 5) is 4.17. The molecule has 8 heteroatoms. The number of anilines is 2. The maximum atomic E-state index is 11.3. The minimum absolute atomic E-state index is 0.00194. The fourth-order valence-electron chi connectivity index (χ4n) is 1.53. The van der Waals surface area contributed by atoms with E-state index in [1.807, 2.05) is 12.1 Å². The zero-order valence-corrected chi connectivity index (χ0v) is 11.4. The standard InChI is InChI=1S/C10H14N4O2S2/c1-12-18(15,16)5-4-13-7-2-3-8-10(9(7)11)14-6-17-8/h2-3,6,12-13H,4-5,11H2,1H3. The average Bonchev–Trinajstić information content (AvgIpc) is 2.81. The summed E-state index contributed by atoms with van der Waals surface area (Å²) in [7, 11) is -1.81. The van der Waals surface area contributed by atoms with Gasteiger partial charge in [0.2, 0.25) is 10.0 Å². The van der Waals surface area contributed by atoms with E-state index in [9.17, 15) is 8.42 Å². The molecule has 0 aliphatic carbocycles. The van der Waals surface area contributed by atoms with E-state index in [-0.39, 0.29) is 5.75 Å². The number of benzene rings is 1. The summed E-state index contributed by atoms with van der Waals surface area (Å²) >= 11 is 1.52. The van der Waals surface area contributed by atoms with Crippen molar-refractivity contribution in [3.05, 3.63) is 17.6 Å². The van der Waals surface area contributed by atoms with E-state index >= 15 is 0 Å². The van der Waals surface area contributed by atoms with Crippen LogP contribution in [0.1, 0.15) is 0 Å². The highest BCUT2D eigenvalue weighted by Crippen LogP contribution is 2.29. The number of thiazole rings is 1. The molecular weight excluding hydrogens is 272 g/mol. The van der Waals surface area contributed by atoms with E-state index in [2.05, 4.69) is 15.0 Å². The predicted octanol–water partition coefficient (Wildman–Crippen LogP) is 0.840. The summed E-state index contributed by atoms with van der Waals surface area (Å²) in [6.07, 6.45) is 0. The summed E-state index contributed by atoms with van der Waals surface area (Å²) in [5, 5.41) is 3.01. The SMILES string of the molecule is CNS(=O)(=O)CCNc1ccc2scnc2c1N. The number of aromatic nitrogens is 1. The van der Waals surface area contributed by atoms with E-state index < -0.39 is 10.0 Å². The molecule has 0 amide bonds. The molecule has 0 aliphatic rings. The zero-order chi connectivity index (χ0) is 13.2. The van der Waals surface area contributed by atoms with Crippen molar-refractivity contribution >= 4 is 43.0 Å². The van der Waals surface area contributed by atoms with Crippen LogP contribution >= 0.6 is 11.3 Å². The lowest BCUT2D eigenvalue weighted by atomic mass is 10.2. The van der Waals surface area contributed by atoms with Gasteiger partial charge < -0.3 is 11.1 Å². The quantitative estimate of drug-likeness (QED) is 0.708. The van der Waals surface area contributed by atoms with Crippen LogP contribution in [0.25, 0.3) is 10.2 Å². The third-order valence-electron chi connectivity index (χ3n) is 2.54. The molecule has 1 aromatic carbocycles. The van der Waals surface area contributed by atoms with Crippen LogP contribution in [0.3, 0.4) is 0 Å². The topological polar surface area (TPSA) is 97.1 Å². The van der Waals surface area contributed by atoms with Crippen LogP contribution in [0.2, 0.25) is 0 Å². The summed E-state index contributed by atoms with van der Waals surface area (Å²) in [6, 6.07) is 3.75. The Morgan fingerprint density at radius 3 is 2.94 bits per heavy atom. The number of rotatable bonds is 5. The van der Waals surface area contributed by atoms with Crippen LogP contribution in [-0.2, 0) is 10.0 Å². The summed E-state index contributed by atoms with van der Waals surface area (Å²) in [5.41, 5.74) is 9.71. The summed E-state index contributed by atoms with van der Waals surface area (Å²) in [6.45, 7) is 0.295. The van der Waals surface area contributed by atoms with Crippen LogP contribution in [0.5, 0.6) is 0 Å². The maximum absolute atomic E-state index is 11.3. The molecule has 0 aliphatic heterocycles. The first kappa shape index (κ1) is 13.1. The molecule has 0 saturated heterocycles. The highest BCUT2D eigenvalue weighted by Gasteiger charge is 2.09. The van der Waals surface area contributed by atoms with Crippen molar-refractivity contribution in [1.29, 1.82) is 0 Å². The van der Waals surface area contributed by atoms with Crippen molar-refractivity contribution < 1.29 is 8.42 Å².